The summed E-state index contributed by atoms with van der Waals surface area (Å²) in [5, 5.41) is 0.829. The fourth-order valence-electron chi connectivity index (χ4n) is 4.82. The number of piperazine rings is 1. The molecule has 4 aromatic rings. The van der Waals surface area contributed by atoms with Crippen molar-refractivity contribution in [3.8, 4) is 5.75 Å². The Balaban J connectivity index is 1.38. The molecule has 0 N–H and O–H groups in total. The van der Waals surface area contributed by atoms with Gasteiger partial charge in [0.2, 0.25) is 0 Å². The van der Waals surface area contributed by atoms with E-state index in [-0.39, 0.29) is 24.1 Å². The number of aryl methyl sites for hydroxylation is 1. The average Bonchev–Trinajstić information content (AvgIpc) is 3.27. The molecular formula is C29H29F2N3O2. The maximum absolute atomic E-state index is 14.2. The summed E-state index contributed by atoms with van der Waals surface area (Å²) in [7, 11) is 0. The van der Waals surface area contributed by atoms with Crippen molar-refractivity contribution in [2.75, 3.05) is 31.1 Å². The highest BCUT2D eigenvalue weighted by atomic mass is 19.1. The number of fused-ring (bicyclic) bond motifs is 1. The summed E-state index contributed by atoms with van der Waals surface area (Å²) in [6.45, 7) is 5.03. The van der Waals surface area contributed by atoms with E-state index in [1.54, 1.807) is 30.3 Å². The van der Waals surface area contributed by atoms with Crippen LogP contribution in [0.4, 0.5) is 14.5 Å². The number of aromatic nitrogens is 1. The van der Waals surface area contributed by atoms with Gasteiger partial charge in [0.05, 0.1) is 11.2 Å². The molecule has 5 rings (SSSR count). The van der Waals surface area contributed by atoms with E-state index in [1.807, 2.05) is 44.7 Å². The predicted octanol–water partition coefficient (Wildman–Crippen LogP) is 5.87. The molecule has 0 unspecified atom stereocenters. The zero-order valence-electron chi connectivity index (χ0n) is 20.3. The van der Waals surface area contributed by atoms with E-state index in [9.17, 15) is 13.6 Å². The minimum absolute atomic E-state index is 0.0483. The maximum atomic E-state index is 14.2. The average molecular weight is 490 g/mol. The summed E-state index contributed by atoms with van der Waals surface area (Å²) in [5.74, 6) is 0.0128. The Morgan fingerprint density at radius 1 is 0.889 bits per heavy atom. The molecule has 186 valence electrons. The van der Waals surface area contributed by atoms with Crippen LogP contribution in [0.25, 0.3) is 10.9 Å². The number of amides is 1. The highest BCUT2D eigenvalue weighted by Crippen LogP contribution is 2.31. The summed E-state index contributed by atoms with van der Waals surface area (Å²) in [6.07, 6.45) is 0.867. The van der Waals surface area contributed by atoms with Crippen LogP contribution in [0.5, 0.6) is 5.75 Å². The highest BCUT2D eigenvalue weighted by Gasteiger charge is 2.27. The SMILES string of the molecule is CCCn1c(C(=O)N2CCN(c3ccccc3F)CC2)cc2c(OCc3ccccc3F)cccc21. The monoisotopic (exact) mass is 489 g/mol. The van der Waals surface area contributed by atoms with Gasteiger partial charge in [-0.15, -0.1) is 0 Å². The van der Waals surface area contributed by atoms with Gasteiger partial charge in [0.25, 0.3) is 5.91 Å². The molecule has 0 bridgehead atoms. The Labute approximate surface area is 209 Å². The van der Waals surface area contributed by atoms with E-state index < -0.39 is 0 Å². The van der Waals surface area contributed by atoms with Gasteiger partial charge in [-0.25, -0.2) is 8.78 Å². The molecular weight excluding hydrogens is 460 g/mol. The summed E-state index contributed by atoms with van der Waals surface area (Å²) < 4.78 is 36.4. The molecule has 0 atom stereocenters. The number of para-hydroxylation sites is 1. The topological polar surface area (TPSA) is 37.7 Å². The summed E-state index contributed by atoms with van der Waals surface area (Å²) in [4.78, 5) is 17.4. The highest BCUT2D eigenvalue weighted by molar-refractivity contribution is 6.00. The number of carbonyl (C=O) groups excluding carboxylic acids is 1. The molecule has 0 radical (unpaired) electrons. The second kappa shape index (κ2) is 10.4. The van der Waals surface area contributed by atoms with E-state index in [4.69, 9.17) is 4.74 Å². The first kappa shape index (κ1) is 23.9. The third-order valence-corrected chi connectivity index (χ3v) is 6.67. The van der Waals surface area contributed by atoms with Crippen LogP contribution in [-0.4, -0.2) is 41.6 Å². The molecule has 1 aliphatic heterocycles. The third kappa shape index (κ3) is 4.65. The lowest BCUT2D eigenvalue weighted by Crippen LogP contribution is -2.49. The van der Waals surface area contributed by atoms with Crippen LogP contribution >= 0.6 is 0 Å². The number of hydrogen-bond donors (Lipinski definition) is 0. The maximum Gasteiger partial charge on any atom is 0.270 e. The molecule has 1 aliphatic rings. The van der Waals surface area contributed by atoms with Crippen molar-refractivity contribution in [2.24, 2.45) is 0 Å². The van der Waals surface area contributed by atoms with Gasteiger partial charge in [0.15, 0.2) is 0 Å². The van der Waals surface area contributed by atoms with Gasteiger partial charge in [0, 0.05) is 43.7 Å². The lowest BCUT2D eigenvalue weighted by Gasteiger charge is -2.36. The molecule has 1 aromatic heterocycles. The fraction of sp³-hybridized carbons (Fsp3) is 0.276. The predicted molar refractivity (Wildman–Crippen MR) is 137 cm³/mol. The third-order valence-electron chi connectivity index (χ3n) is 6.67. The first-order valence-corrected chi connectivity index (χ1v) is 12.3. The molecule has 0 aliphatic carbocycles. The lowest BCUT2D eigenvalue weighted by atomic mass is 10.2. The van der Waals surface area contributed by atoms with Crippen molar-refractivity contribution in [1.82, 2.24) is 9.47 Å². The summed E-state index contributed by atoms with van der Waals surface area (Å²) >= 11 is 0. The molecule has 5 nitrogen and oxygen atoms in total. The fourth-order valence-corrected chi connectivity index (χ4v) is 4.82. The molecule has 0 saturated carbocycles. The Morgan fingerprint density at radius 2 is 1.61 bits per heavy atom. The molecule has 2 heterocycles. The van der Waals surface area contributed by atoms with Crippen molar-refractivity contribution >= 4 is 22.5 Å². The van der Waals surface area contributed by atoms with Crippen molar-refractivity contribution in [3.05, 3.63) is 95.7 Å². The van der Waals surface area contributed by atoms with Gasteiger partial charge in [-0.05, 0) is 42.8 Å². The van der Waals surface area contributed by atoms with Crippen LogP contribution in [0, 0.1) is 11.6 Å². The number of hydrogen-bond acceptors (Lipinski definition) is 3. The number of nitrogens with zero attached hydrogens (tertiary/aromatic N) is 3. The first-order chi connectivity index (χ1) is 17.6. The zero-order valence-corrected chi connectivity index (χ0v) is 20.3. The van der Waals surface area contributed by atoms with Crippen molar-refractivity contribution in [3.63, 3.8) is 0 Å². The zero-order chi connectivity index (χ0) is 25.1. The van der Waals surface area contributed by atoms with Gasteiger partial charge in [-0.2, -0.15) is 0 Å². The van der Waals surface area contributed by atoms with Gasteiger partial charge in [0.1, 0.15) is 29.7 Å². The Kier molecular flexibility index (Phi) is 6.89. The molecule has 1 fully saturated rings. The van der Waals surface area contributed by atoms with Gasteiger partial charge >= 0.3 is 0 Å². The van der Waals surface area contributed by atoms with E-state index in [2.05, 4.69) is 6.92 Å². The van der Waals surface area contributed by atoms with Crippen LogP contribution in [-0.2, 0) is 13.2 Å². The standard InChI is InChI=1S/C29H29F2N3O2/c1-2-14-34-25-12-7-13-28(36-20-21-8-3-4-9-23(21)30)22(25)19-27(34)29(35)33-17-15-32(16-18-33)26-11-6-5-10-24(26)31/h3-13,19H,2,14-18,20H2,1H3. The minimum atomic E-state index is -0.307. The summed E-state index contributed by atoms with van der Waals surface area (Å²) in [6, 6.07) is 20.9. The Hall–Kier alpha value is -3.87. The number of benzene rings is 3. The van der Waals surface area contributed by atoms with E-state index in [1.165, 1.54) is 12.1 Å². The molecule has 3 aromatic carbocycles. The first-order valence-electron chi connectivity index (χ1n) is 12.3. The van der Waals surface area contributed by atoms with Crippen LogP contribution in [0.3, 0.4) is 0 Å². The van der Waals surface area contributed by atoms with E-state index >= 15 is 0 Å². The number of anilines is 1. The number of carbonyl (C=O) groups is 1. The van der Waals surface area contributed by atoms with Gasteiger partial charge in [-0.1, -0.05) is 43.3 Å². The number of halogens is 2. The second-order valence-corrected chi connectivity index (χ2v) is 8.98. The Bertz CT molecular complexity index is 1380. The van der Waals surface area contributed by atoms with E-state index in [0.717, 1.165) is 17.3 Å². The molecule has 1 saturated heterocycles. The molecule has 7 heteroatoms. The second-order valence-electron chi connectivity index (χ2n) is 8.98. The van der Waals surface area contributed by atoms with Crippen LogP contribution < -0.4 is 9.64 Å². The minimum Gasteiger partial charge on any atom is -0.488 e. The van der Waals surface area contributed by atoms with Gasteiger partial charge < -0.3 is 19.1 Å². The smallest absolute Gasteiger partial charge is 0.270 e. The van der Waals surface area contributed by atoms with Crippen molar-refractivity contribution in [1.29, 1.82) is 0 Å². The molecule has 36 heavy (non-hydrogen) atoms. The number of ether oxygens (including phenoxy) is 1. The Morgan fingerprint density at radius 3 is 2.33 bits per heavy atom. The van der Waals surface area contributed by atoms with Gasteiger partial charge in [-0.3, -0.25) is 4.79 Å². The van der Waals surface area contributed by atoms with Crippen LogP contribution in [0.15, 0.2) is 72.8 Å². The number of rotatable bonds is 7. The lowest BCUT2D eigenvalue weighted by molar-refractivity contribution is 0.0736. The van der Waals surface area contributed by atoms with Crippen LogP contribution in [0.2, 0.25) is 0 Å². The van der Waals surface area contributed by atoms with Crippen LogP contribution in [0.1, 0.15) is 29.4 Å². The molecule has 1 amide bonds. The summed E-state index contributed by atoms with van der Waals surface area (Å²) in [5.41, 5.74) is 2.57. The molecule has 0 spiro atoms. The van der Waals surface area contributed by atoms with Crippen molar-refractivity contribution < 1.29 is 18.3 Å². The van der Waals surface area contributed by atoms with E-state index in [0.29, 0.717) is 55.4 Å². The normalized spacial score (nSPS) is 13.9. The quantitative estimate of drug-likeness (QED) is 0.326. The largest absolute Gasteiger partial charge is 0.488 e. The van der Waals surface area contributed by atoms with Crippen molar-refractivity contribution in [2.45, 2.75) is 26.5 Å².